The van der Waals surface area contributed by atoms with E-state index in [1.165, 1.54) is 11.3 Å². The van der Waals surface area contributed by atoms with Crippen molar-refractivity contribution in [1.82, 2.24) is 4.90 Å². The number of thiophene rings is 1. The monoisotopic (exact) mass is 329 g/mol. The Balaban J connectivity index is 2.01. The van der Waals surface area contributed by atoms with Gasteiger partial charge in [-0.25, -0.2) is 0 Å². The van der Waals surface area contributed by atoms with Gasteiger partial charge in [0, 0.05) is 21.7 Å². The van der Waals surface area contributed by atoms with E-state index < -0.39 is 0 Å². The summed E-state index contributed by atoms with van der Waals surface area (Å²) in [5.74, 6) is -0.0936. The summed E-state index contributed by atoms with van der Waals surface area (Å²) in [6, 6.07) is 5.33. The zero-order valence-electron chi connectivity index (χ0n) is 10.6. The minimum atomic E-state index is -0.0936. The maximum atomic E-state index is 12.6. The Morgan fingerprint density at radius 2 is 2.25 bits per heavy atom. The fraction of sp³-hybridized carbons (Fsp3) is 0.357. The summed E-state index contributed by atoms with van der Waals surface area (Å²) in [4.78, 5) is 14.9. The first kappa shape index (κ1) is 14.1. The molecule has 1 aromatic heterocycles. The molecule has 3 rings (SSSR count). The molecule has 0 saturated carbocycles. The molecule has 2 heterocycles. The SMILES string of the molecule is O=C(c1sc2cc(Cl)ccc2c1Cl)N1CCC[C@H]1CO. The minimum Gasteiger partial charge on any atom is -0.394 e. The van der Waals surface area contributed by atoms with Crippen LogP contribution in [0.2, 0.25) is 10.0 Å². The maximum absolute atomic E-state index is 12.6. The average molecular weight is 330 g/mol. The Hall–Kier alpha value is -0.810. The van der Waals surface area contributed by atoms with Crippen LogP contribution in [0.1, 0.15) is 22.5 Å². The van der Waals surface area contributed by atoms with Crippen LogP contribution in [-0.2, 0) is 0 Å². The third-order valence-electron chi connectivity index (χ3n) is 3.63. The number of aliphatic hydroxyl groups is 1. The summed E-state index contributed by atoms with van der Waals surface area (Å²) in [5.41, 5.74) is 0. The van der Waals surface area contributed by atoms with Gasteiger partial charge in [0.25, 0.3) is 5.91 Å². The van der Waals surface area contributed by atoms with Gasteiger partial charge >= 0.3 is 0 Å². The van der Waals surface area contributed by atoms with Gasteiger partial charge in [-0.05, 0) is 25.0 Å². The number of hydrogen-bond acceptors (Lipinski definition) is 3. The van der Waals surface area contributed by atoms with Crippen LogP contribution in [0.3, 0.4) is 0 Å². The molecule has 1 fully saturated rings. The van der Waals surface area contributed by atoms with Gasteiger partial charge in [-0.1, -0.05) is 29.3 Å². The zero-order valence-corrected chi connectivity index (χ0v) is 12.9. The predicted octanol–water partition coefficient (Wildman–Crippen LogP) is 3.81. The van der Waals surface area contributed by atoms with Crippen LogP contribution < -0.4 is 0 Å². The molecule has 0 spiro atoms. The van der Waals surface area contributed by atoms with E-state index in [0.29, 0.717) is 21.5 Å². The van der Waals surface area contributed by atoms with Crippen LogP contribution in [0.5, 0.6) is 0 Å². The van der Waals surface area contributed by atoms with Crippen LogP contribution in [0.25, 0.3) is 10.1 Å². The molecule has 1 saturated heterocycles. The number of halogens is 2. The standard InChI is InChI=1S/C14H13Cl2NO2S/c15-8-3-4-10-11(6-8)20-13(12(10)16)14(19)17-5-1-2-9(17)7-18/h3-4,6,9,18H,1-2,5,7H2/t9-/m0/s1. The van der Waals surface area contributed by atoms with Crippen molar-refractivity contribution in [1.29, 1.82) is 0 Å². The highest BCUT2D eigenvalue weighted by Gasteiger charge is 2.31. The Kier molecular flexibility index (Phi) is 3.91. The van der Waals surface area contributed by atoms with Gasteiger partial charge in [0.1, 0.15) is 4.88 Å². The average Bonchev–Trinajstić information content (AvgIpc) is 3.02. The quantitative estimate of drug-likeness (QED) is 0.910. The molecule has 3 nitrogen and oxygen atoms in total. The van der Waals surface area contributed by atoms with Crippen molar-refractivity contribution in [2.45, 2.75) is 18.9 Å². The number of carbonyl (C=O) groups excluding carboxylic acids is 1. The number of fused-ring (bicyclic) bond motifs is 1. The number of rotatable bonds is 2. The fourth-order valence-electron chi connectivity index (χ4n) is 2.60. The summed E-state index contributed by atoms with van der Waals surface area (Å²) in [6.07, 6.45) is 1.77. The third-order valence-corrected chi connectivity index (χ3v) is 5.51. The molecule has 0 aliphatic carbocycles. The lowest BCUT2D eigenvalue weighted by atomic mass is 10.2. The number of amides is 1. The summed E-state index contributed by atoms with van der Waals surface area (Å²) >= 11 is 13.7. The third kappa shape index (κ3) is 2.31. The molecule has 20 heavy (non-hydrogen) atoms. The number of aliphatic hydroxyl groups excluding tert-OH is 1. The molecule has 6 heteroatoms. The first-order chi connectivity index (χ1) is 9.61. The van der Waals surface area contributed by atoms with Crippen molar-refractivity contribution in [2.75, 3.05) is 13.2 Å². The lowest BCUT2D eigenvalue weighted by Gasteiger charge is -2.22. The van der Waals surface area contributed by atoms with Crippen molar-refractivity contribution in [3.63, 3.8) is 0 Å². The number of carbonyl (C=O) groups is 1. The molecular weight excluding hydrogens is 317 g/mol. The number of hydrogen-bond donors (Lipinski definition) is 1. The Morgan fingerprint density at radius 1 is 1.45 bits per heavy atom. The van der Waals surface area contributed by atoms with Crippen molar-refractivity contribution in [2.24, 2.45) is 0 Å². The highest BCUT2D eigenvalue weighted by molar-refractivity contribution is 7.21. The van der Waals surface area contributed by atoms with Crippen molar-refractivity contribution in [3.05, 3.63) is 33.1 Å². The second-order valence-electron chi connectivity index (χ2n) is 4.86. The molecule has 1 amide bonds. The normalized spacial score (nSPS) is 18.9. The van der Waals surface area contributed by atoms with Crippen LogP contribution >= 0.6 is 34.5 Å². The molecule has 1 aliphatic heterocycles. The van der Waals surface area contributed by atoms with Gasteiger partial charge in [-0.15, -0.1) is 11.3 Å². The number of nitrogens with zero attached hydrogens (tertiary/aromatic N) is 1. The van der Waals surface area contributed by atoms with Crippen molar-refractivity contribution < 1.29 is 9.90 Å². The topological polar surface area (TPSA) is 40.5 Å². The van der Waals surface area contributed by atoms with E-state index in [4.69, 9.17) is 23.2 Å². The summed E-state index contributed by atoms with van der Waals surface area (Å²) in [6.45, 7) is 0.676. The Labute approximate surface area is 130 Å². The maximum Gasteiger partial charge on any atom is 0.265 e. The van der Waals surface area contributed by atoms with Crippen molar-refractivity contribution >= 4 is 50.5 Å². The zero-order chi connectivity index (χ0) is 14.3. The smallest absolute Gasteiger partial charge is 0.265 e. The molecule has 1 aromatic carbocycles. The van der Waals surface area contributed by atoms with E-state index in [2.05, 4.69) is 0 Å². The molecule has 0 radical (unpaired) electrons. The van der Waals surface area contributed by atoms with Gasteiger partial charge in [0.2, 0.25) is 0 Å². The van der Waals surface area contributed by atoms with Crippen LogP contribution in [0.4, 0.5) is 0 Å². The van der Waals surface area contributed by atoms with E-state index in [-0.39, 0.29) is 18.6 Å². The van der Waals surface area contributed by atoms with E-state index in [0.717, 1.165) is 22.9 Å². The Morgan fingerprint density at radius 3 is 3.00 bits per heavy atom. The molecule has 0 bridgehead atoms. The summed E-state index contributed by atoms with van der Waals surface area (Å²) in [7, 11) is 0. The first-order valence-corrected chi connectivity index (χ1v) is 7.98. The second-order valence-corrected chi connectivity index (χ2v) is 6.73. The first-order valence-electron chi connectivity index (χ1n) is 6.41. The molecule has 2 aromatic rings. The molecule has 0 unspecified atom stereocenters. The molecule has 1 N–H and O–H groups in total. The molecule has 1 aliphatic rings. The van der Waals surface area contributed by atoms with E-state index >= 15 is 0 Å². The summed E-state index contributed by atoms with van der Waals surface area (Å²) < 4.78 is 0.908. The van der Waals surface area contributed by atoms with Crippen molar-refractivity contribution in [3.8, 4) is 0 Å². The number of likely N-dealkylation sites (tertiary alicyclic amines) is 1. The number of benzene rings is 1. The lowest BCUT2D eigenvalue weighted by Crippen LogP contribution is -2.37. The molecular formula is C14H13Cl2NO2S. The van der Waals surface area contributed by atoms with Crippen LogP contribution in [0.15, 0.2) is 18.2 Å². The van der Waals surface area contributed by atoms with E-state index in [9.17, 15) is 9.90 Å². The lowest BCUT2D eigenvalue weighted by molar-refractivity contribution is 0.0682. The largest absolute Gasteiger partial charge is 0.394 e. The van der Waals surface area contributed by atoms with Gasteiger partial charge in [0.15, 0.2) is 0 Å². The molecule has 106 valence electrons. The highest BCUT2D eigenvalue weighted by Crippen LogP contribution is 2.38. The van der Waals surface area contributed by atoms with E-state index in [1.54, 1.807) is 11.0 Å². The van der Waals surface area contributed by atoms with Crippen LogP contribution in [0, 0.1) is 0 Å². The predicted molar refractivity (Wildman–Crippen MR) is 83.0 cm³/mol. The van der Waals surface area contributed by atoms with Gasteiger partial charge in [0.05, 0.1) is 17.7 Å². The minimum absolute atomic E-state index is 0.0000816. The van der Waals surface area contributed by atoms with Gasteiger partial charge < -0.3 is 10.0 Å². The fourth-order valence-corrected chi connectivity index (χ4v) is 4.34. The van der Waals surface area contributed by atoms with Gasteiger partial charge in [-0.2, -0.15) is 0 Å². The highest BCUT2D eigenvalue weighted by atomic mass is 35.5. The van der Waals surface area contributed by atoms with E-state index in [1.807, 2.05) is 12.1 Å². The molecule has 1 atom stereocenters. The van der Waals surface area contributed by atoms with Crippen LogP contribution in [-0.4, -0.2) is 35.1 Å². The second kappa shape index (κ2) is 5.53. The summed E-state index contributed by atoms with van der Waals surface area (Å²) in [5, 5.41) is 11.3. The Bertz CT molecular complexity index is 670. The van der Waals surface area contributed by atoms with Gasteiger partial charge in [-0.3, -0.25) is 4.79 Å².